The van der Waals surface area contributed by atoms with Gasteiger partial charge in [0.15, 0.2) is 5.96 Å². The number of thiazole rings is 1. The van der Waals surface area contributed by atoms with Gasteiger partial charge in [0.1, 0.15) is 0 Å². The van der Waals surface area contributed by atoms with Crippen LogP contribution in [0.2, 0.25) is 5.02 Å². The van der Waals surface area contributed by atoms with Crippen LogP contribution < -0.4 is 10.6 Å². The second-order valence-corrected chi connectivity index (χ2v) is 7.02. The summed E-state index contributed by atoms with van der Waals surface area (Å²) in [6.45, 7) is 9.62. The Bertz CT molecular complexity index is 687. The maximum absolute atomic E-state index is 6.27. The number of nitrogens with one attached hydrogen (secondary N) is 2. The molecule has 1 atom stereocenters. The number of guanidine groups is 1. The minimum Gasteiger partial charge on any atom is -0.357 e. The maximum Gasteiger partial charge on any atom is 0.192 e. The number of aromatic nitrogens is 1. The highest BCUT2D eigenvalue weighted by molar-refractivity contribution is 14.0. The smallest absolute Gasteiger partial charge is 0.192 e. The summed E-state index contributed by atoms with van der Waals surface area (Å²) in [4.78, 5) is 10.3. The fourth-order valence-corrected chi connectivity index (χ4v) is 3.46. The first-order valence-corrected chi connectivity index (χ1v) is 8.93. The molecule has 24 heavy (non-hydrogen) atoms. The fraction of sp³-hybridized carbons (Fsp3) is 0.412. The third-order valence-electron chi connectivity index (χ3n) is 3.45. The van der Waals surface area contributed by atoms with Gasteiger partial charge in [-0.05, 0) is 39.3 Å². The molecule has 1 unspecified atom stereocenters. The molecule has 2 N–H and O–H groups in total. The van der Waals surface area contributed by atoms with E-state index in [1.165, 1.54) is 4.88 Å². The summed E-state index contributed by atoms with van der Waals surface area (Å²) in [6, 6.07) is 7.94. The van der Waals surface area contributed by atoms with Gasteiger partial charge in [-0.2, -0.15) is 0 Å². The number of hydrogen-bond acceptors (Lipinski definition) is 3. The minimum absolute atomic E-state index is 0. The summed E-state index contributed by atoms with van der Waals surface area (Å²) in [7, 11) is 0. The third-order valence-corrected chi connectivity index (χ3v) is 4.85. The quantitative estimate of drug-likeness (QED) is 0.367. The number of aliphatic imine (C=N–C) groups is 1. The van der Waals surface area contributed by atoms with Crippen molar-refractivity contribution in [3.8, 4) is 0 Å². The van der Waals surface area contributed by atoms with Gasteiger partial charge in [0.2, 0.25) is 0 Å². The van der Waals surface area contributed by atoms with Crippen LogP contribution in [-0.4, -0.2) is 17.5 Å². The molecule has 1 aromatic carbocycles. The predicted octanol–water partition coefficient (Wildman–Crippen LogP) is 4.85. The molecule has 0 aliphatic heterocycles. The second kappa shape index (κ2) is 10.2. The highest BCUT2D eigenvalue weighted by atomic mass is 127. The van der Waals surface area contributed by atoms with Crippen molar-refractivity contribution in [1.82, 2.24) is 15.6 Å². The standard InChI is InChI=1S/C17H23ClN4S.HI/c1-5-19-17(20-10-16-12(3)21-13(4)23-16)22-11(2)14-8-6-7-9-15(14)18;/h6-9,11H,5,10H2,1-4H3,(H2,19,20,22);1H. The van der Waals surface area contributed by atoms with Crippen LogP contribution in [-0.2, 0) is 6.54 Å². The van der Waals surface area contributed by atoms with E-state index in [-0.39, 0.29) is 30.0 Å². The van der Waals surface area contributed by atoms with Gasteiger partial charge in [-0.1, -0.05) is 29.8 Å². The number of rotatable bonds is 5. The fourth-order valence-electron chi connectivity index (χ4n) is 2.30. The topological polar surface area (TPSA) is 49.3 Å². The monoisotopic (exact) mass is 478 g/mol. The Kier molecular flexibility index (Phi) is 9.01. The maximum atomic E-state index is 6.27. The average molecular weight is 479 g/mol. The van der Waals surface area contributed by atoms with Gasteiger partial charge in [0, 0.05) is 16.4 Å². The van der Waals surface area contributed by atoms with Crippen molar-refractivity contribution in [3.63, 3.8) is 0 Å². The Morgan fingerprint density at radius 1 is 1.33 bits per heavy atom. The Hall–Kier alpha value is -0.860. The number of hydrogen-bond donors (Lipinski definition) is 2. The van der Waals surface area contributed by atoms with E-state index in [0.717, 1.165) is 33.8 Å². The number of benzene rings is 1. The van der Waals surface area contributed by atoms with Gasteiger partial charge in [0.05, 0.1) is 23.3 Å². The molecule has 0 spiro atoms. The number of halogens is 2. The van der Waals surface area contributed by atoms with Crippen LogP contribution in [0.1, 0.15) is 41.0 Å². The molecule has 0 radical (unpaired) electrons. The molecule has 7 heteroatoms. The van der Waals surface area contributed by atoms with Gasteiger partial charge in [-0.15, -0.1) is 35.3 Å². The molecule has 0 saturated heterocycles. The first-order valence-electron chi connectivity index (χ1n) is 7.73. The molecule has 132 valence electrons. The molecule has 1 heterocycles. The van der Waals surface area contributed by atoms with E-state index >= 15 is 0 Å². The van der Waals surface area contributed by atoms with Crippen LogP contribution in [0.25, 0.3) is 0 Å². The van der Waals surface area contributed by atoms with Crippen LogP contribution in [0.3, 0.4) is 0 Å². The summed E-state index contributed by atoms with van der Waals surface area (Å²) in [6.07, 6.45) is 0. The molecule has 4 nitrogen and oxygen atoms in total. The number of aryl methyl sites for hydroxylation is 2. The number of nitrogens with zero attached hydrogens (tertiary/aromatic N) is 2. The van der Waals surface area contributed by atoms with Crippen LogP contribution in [0.5, 0.6) is 0 Å². The van der Waals surface area contributed by atoms with E-state index in [9.17, 15) is 0 Å². The molecule has 1 aromatic heterocycles. The van der Waals surface area contributed by atoms with Crippen molar-refractivity contribution in [2.24, 2.45) is 4.99 Å². The van der Waals surface area contributed by atoms with Gasteiger partial charge < -0.3 is 10.6 Å². The summed E-state index contributed by atoms with van der Waals surface area (Å²) in [5, 5.41) is 8.53. The summed E-state index contributed by atoms with van der Waals surface area (Å²) in [5.74, 6) is 0.783. The predicted molar refractivity (Wildman–Crippen MR) is 115 cm³/mol. The molecular formula is C17H24ClIN4S. The second-order valence-electron chi connectivity index (χ2n) is 5.32. The first kappa shape index (κ1) is 21.2. The molecule has 0 bridgehead atoms. The van der Waals surface area contributed by atoms with E-state index < -0.39 is 0 Å². The zero-order chi connectivity index (χ0) is 16.8. The third kappa shape index (κ3) is 5.89. The molecule has 2 aromatic rings. The summed E-state index contributed by atoms with van der Waals surface area (Å²) < 4.78 is 0. The SMILES string of the molecule is CCNC(=NCc1sc(C)nc1C)NC(C)c1ccccc1Cl.I. The Morgan fingerprint density at radius 3 is 2.62 bits per heavy atom. The largest absolute Gasteiger partial charge is 0.357 e. The lowest BCUT2D eigenvalue weighted by Gasteiger charge is -2.19. The molecule has 2 rings (SSSR count). The Labute approximate surface area is 170 Å². The van der Waals surface area contributed by atoms with Gasteiger partial charge in [-0.25, -0.2) is 9.98 Å². The zero-order valence-corrected chi connectivity index (χ0v) is 18.3. The van der Waals surface area contributed by atoms with E-state index in [4.69, 9.17) is 11.6 Å². The van der Waals surface area contributed by atoms with Crippen molar-refractivity contribution in [1.29, 1.82) is 0 Å². The lowest BCUT2D eigenvalue weighted by molar-refractivity contribution is 0.687. The Morgan fingerprint density at radius 2 is 2.04 bits per heavy atom. The summed E-state index contributed by atoms with van der Waals surface area (Å²) >= 11 is 7.97. The van der Waals surface area contributed by atoms with Crippen molar-refractivity contribution >= 4 is 52.9 Å². The average Bonchev–Trinajstić information content (AvgIpc) is 2.83. The van der Waals surface area contributed by atoms with E-state index in [2.05, 4.69) is 34.5 Å². The van der Waals surface area contributed by atoms with Gasteiger partial charge in [-0.3, -0.25) is 0 Å². The van der Waals surface area contributed by atoms with Crippen molar-refractivity contribution < 1.29 is 0 Å². The first-order chi connectivity index (χ1) is 11.0. The molecule has 0 aliphatic rings. The normalized spacial score (nSPS) is 12.5. The van der Waals surface area contributed by atoms with Gasteiger partial charge >= 0.3 is 0 Å². The summed E-state index contributed by atoms with van der Waals surface area (Å²) in [5.41, 5.74) is 2.12. The van der Waals surface area contributed by atoms with Crippen LogP contribution in [0.15, 0.2) is 29.3 Å². The minimum atomic E-state index is 0. The lowest BCUT2D eigenvalue weighted by atomic mass is 10.1. The van der Waals surface area contributed by atoms with Gasteiger partial charge in [0.25, 0.3) is 0 Å². The van der Waals surface area contributed by atoms with Crippen molar-refractivity contribution in [3.05, 3.63) is 50.4 Å². The van der Waals surface area contributed by atoms with Crippen molar-refractivity contribution in [2.75, 3.05) is 6.54 Å². The van der Waals surface area contributed by atoms with E-state index in [1.807, 2.05) is 38.1 Å². The molecule has 0 aliphatic carbocycles. The zero-order valence-electron chi connectivity index (χ0n) is 14.4. The van der Waals surface area contributed by atoms with E-state index in [1.54, 1.807) is 11.3 Å². The highest BCUT2D eigenvalue weighted by Crippen LogP contribution is 2.22. The molecule has 0 amide bonds. The highest BCUT2D eigenvalue weighted by Gasteiger charge is 2.11. The van der Waals surface area contributed by atoms with E-state index in [0.29, 0.717) is 6.54 Å². The van der Waals surface area contributed by atoms with Crippen LogP contribution in [0.4, 0.5) is 0 Å². The Balaban J connectivity index is 0.00000288. The van der Waals surface area contributed by atoms with Crippen LogP contribution >= 0.6 is 46.9 Å². The molecule has 0 saturated carbocycles. The molecule has 0 fully saturated rings. The molecular weight excluding hydrogens is 455 g/mol. The lowest BCUT2D eigenvalue weighted by Crippen LogP contribution is -2.38. The van der Waals surface area contributed by atoms with Crippen molar-refractivity contribution in [2.45, 2.75) is 40.3 Å². The van der Waals surface area contributed by atoms with Crippen LogP contribution in [0, 0.1) is 13.8 Å².